The minimum absolute atomic E-state index is 0.179. The second kappa shape index (κ2) is 14.5. The molecule has 1 unspecified atom stereocenters. The summed E-state index contributed by atoms with van der Waals surface area (Å²) in [5.74, 6) is -1.97. The predicted octanol–water partition coefficient (Wildman–Crippen LogP) is 2.32. The number of esters is 1. The summed E-state index contributed by atoms with van der Waals surface area (Å²) >= 11 is 0. The van der Waals surface area contributed by atoms with Gasteiger partial charge in [-0.2, -0.15) is 0 Å². The third-order valence-electron chi connectivity index (χ3n) is 5.87. The average Bonchev–Trinajstić information content (AvgIpc) is 2.81. The van der Waals surface area contributed by atoms with Crippen LogP contribution in [0.5, 0.6) is 0 Å². The van der Waals surface area contributed by atoms with Gasteiger partial charge in [0.05, 0.1) is 12.5 Å². The lowest BCUT2D eigenvalue weighted by molar-refractivity contribution is -0.153. The molecule has 2 heterocycles. The molecule has 3 N–H and O–H groups in total. The van der Waals surface area contributed by atoms with Gasteiger partial charge in [0.2, 0.25) is 17.7 Å². The van der Waals surface area contributed by atoms with Crippen molar-refractivity contribution in [1.29, 1.82) is 0 Å². The van der Waals surface area contributed by atoms with Crippen molar-refractivity contribution >= 4 is 51.1 Å². The van der Waals surface area contributed by atoms with Crippen LogP contribution in [0.3, 0.4) is 0 Å². The number of allylic oxidation sites excluding steroid dienone is 2. The highest BCUT2D eigenvalue weighted by atomic mass is 33.1. The largest absolute Gasteiger partial charge is 0.456 e. The smallest absolute Gasteiger partial charge is 0.329 e. The molecule has 0 aliphatic carbocycles. The van der Waals surface area contributed by atoms with Gasteiger partial charge < -0.3 is 20.7 Å². The molecule has 36 heavy (non-hydrogen) atoms. The zero-order valence-electron chi connectivity index (χ0n) is 21.5. The number of hydrogen-bond acceptors (Lipinski definition) is 8. The molecule has 3 amide bonds. The highest BCUT2D eigenvalue weighted by Gasteiger charge is 2.33. The van der Waals surface area contributed by atoms with E-state index in [0.717, 1.165) is 5.75 Å². The van der Waals surface area contributed by atoms with Crippen LogP contribution in [0.15, 0.2) is 23.8 Å². The van der Waals surface area contributed by atoms with Crippen LogP contribution in [0.25, 0.3) is 0 Å². The lowest BCUT2D eigenvalue weighted by Gasteiger charge is -2.27. The summed E-state index contributed by atoms with van der Waals surface area (Å²) in [5.41, 5.74) is 0.205. The van der Waals surface area contributed by atoms with Crippen LogP contribution in [-0.4, -0.2) is 65.2 Å². The molecular formula is C25H37N3O6S2. The summed E-state index contributed by atoms with van der Waals surface area (Å²) in [4.78, 5) is 65.4. The van der Waals surface area contributed by atoms with Crippen molar-refractivity contribution in [1.82, 2.24) is 16.0 Å². The van der Waals surface area contributed by atoms with Crippen molar-refractivity contribution < 1.29 is 28.7 Å². The molecule has 1 fully saturated rings. The van der Waals surface area contributed by atoms with Gasteiger partial charge in [-0.05, 0) is 31.3 Å². The third-order valence-corrected chi connectivity index (χ3v) is 8.32. The van der Waals surface area contributed by atoms with Gasteiger partial charge in [0.15, 0.2) is 5.78 Å². The normalized spacial score (nSPS) is 29.9. The Hall–Kier alpha value is -2.27. The average molecular weight is 540 g/mol. The van der Waals surface area contributed by atoms with Gasteiger partial charge in [0, 0.05) is 23.5 Å². The molecule has 0 aromatic heterocycles. The molecule has 0 aromatic rings. The van der Waals surface area contributed by atoms with Gasteiger partial charge in [-0.1, -0.05) is 61.4 Å². The summed E-state index contributed by atoms with van der Waals surface area (Å²) in [5, 5.41) is 8.24. The van der Waals surface area contributed by atoms with Gasteiger partial charge in [-0.15, -0.1) is 0 Å². The first-order valence-corrected chi connectivity index (χ1v) is 14.7. The molecule has 2 aliphatic rings. The number of ketones is 1. The number of amides is 3. The molecule has 0 spiro atoms. The van der Waals surface area contributed by atoms with Gasteiger partial charge >= 0.3 is 5.97 Å². The van der Waals surface area contributed by atoms with Gasteiger partial charge in [-0.3, -0.25) is 19.2 Å². The molecule has 9 nitrogen and oxygen atoms in total. The maximum absolute atomic E-state index is 13.3. The van der Waals surface area contributed by atoms with E-state index in [-0.39, 0.29) is 36.0 Å². The van der Waals surface area contributed by atoms with E-state index in [1.807, 2.05) is 6.08 Å². The fourth-order valence-electron chi connectivity index (χ4n) is 3.69. The van der Waals surface area contributed by atoms with Crippen molar-refractivity contribution in [3.05, 3.63) is 23.8 Å². The maximum atomic E-state index is 13.3. The maximum Gasteiger partial charge on any atom is 0.329 e. The van der Waals surface area contributed by atoms with E-state index in [4.69, 9.17) is 4.74 Å². The standard InChI is InChI=1S/C25H37N3O6S2/c1-6-16-11-19(29)18-13-36-35-10-8-7-9-17(34-25(33)22(15(4)5)28-23(16)31)12-20(30)27-21(14(2)3)24(32)26-18/h6-7,9,14-15,17-18,21-22H,8,10-13H2,1-5H3,(H,26,32)(H,27,30)(H,28,31)/b9-7+,16-6+/t17-,18+,21+,22?/m0/s1. The van der Waals surface area contributed by atoms with Crippen LogP contribution in [0.4, 0.5) is 0 Å². The number of ether oxygens (including phenoxy) is 1. The summed E-state index contributed by atoms with van der Waals surface area (Å²) in [6, 6.07) is -2.69. The number of fused-ring (bicyclic) bond motifs is 7. The predicted molar refractivity (Wildman–Crippen MR) is 142 cm³/mol. The summed E-state index contributed by atoms with van der Waals surface area (Å²) in [6.45, 7) is 8.79. The Bertz CT molecular complexity index is 902. The van der Waals surface area contributed by atoms with Crippen LogP contribution in [0.1, 0.15) is 53.9 Å². The number of nitrogens with one attached hydrogen (secondary N) is 3. The molecule has 2 aliphatic heterocycles. The minimum Gasteiger partial charge on any atom is -0.456 e. The van der Waals surface area contributed by atoms with E-state index in [1.165, 1.54) is 16.9 Å². The topological polar surface area (TPSA) is 131 Å². The Morgan fingerprint density at radius 1 is 0.972 bits per heavy atom. The fourth-order valence-corrected chi connectivity index (χ4v) is 5.88. The molecule has 0 saturated carbocycles. The first-order valence-electron chi connectivity index (χ1n) is 12.2. The number of Topliss-reactive ketones (excluding diaryl/α,β-unsaturated/α-hetero) is 1. The quantitative estimate of drug-likeness (QED) is 0.211. The fraction of sp³-hybridized carbons (Fsp3) is 0.640. The minimum atomic E-state index is -0.963. The molecule has 2 bridgehead atoms. The first-order chi connectivity index (χ1) is 17.0. The molecular weight excluding hydrogens is 502 g/mol. The lowest BCUT2D eigenvalue weighted by Crippen LogP contribution is -2.55. The number of hydrogen-bond donors (Lipinski definition) is 3. The van der Waals surface area contributed by atoms with Crippen molar-refractivity contribution in [3.63, 3.8) is 0 Å². The van der Waals surface area contributed by atoms with E-state index in [2.05, 4.69) is 16.0 Å². The molecule has 0 radical (unpaired) electrons. The van der Waals surface area contributed by atoms with Gasteiger partial charge in [0.1, 0.15) is 18.2 Å². The van der Waals surface area contributed by atoms with Crippen molar-refractivity contribution in [2.75, 3.05) is 11.5 Å². The number of rotatable bonds is 2. The Balaban J connectivity index is 2.55. The van der Waals surface area contributed by atoms with Crippen LogP contribution >= 0.6 is 21.6 Å². The van der Waals surface area contributed by atoms with Crippen molar-refractivity contribution in [2.45, 2.75) is 78.1 Å². The second-order valence-electron chi connectivity index (χ2n) is 9.51. The lowest BCUT2D eigenvalue weighted by atomic mass is 9.99. The SMILES string of the molecule is C/C=C1\CC(=O)[C@H]2CSSCC/C=C/[C@@H](CC(=O)N[C@H](C(C)C)C(=O)N2)OC(=O)C(C(C)C)NC1=O. The Morgan fingerprint density at radius 3 is 2.31 bits per heavy atom. The third kappa shape index (κ3) is 8.99. The van der Waals surface area contributed by atoms with E-state index in [1.54, 1.807) is 51.5 Å². The summed E-state index contributed by atoms with van der Waals surface area (Å²) in [7, 11) is 3.02. The second-order valence-corrected chi connectivity index (χ2v) is 12.1. The summed E-state index contributed by atoms with van der Waals surface area (Å²) < 4.78 is 5.67. The van der Waals surface area contributed by atoms with Crippen LogP contribution in [0, 0.1) is 11.8 Å². The van der Waals surface area contributed by atoms with E-state index in [0.29, 0.717) is 12.2 Å². The Labute approximate surface area is 220 Å². The van der Waals surface area contributed by atoms with E-state index in [9.17, 15) is 24.0 Å². The van der Waals surface area contributed by atoms with Crippen LogP contribution in [-0.2, 0) is 28.7 Å². The van der Waals surface area contributed by atoms with Crippen molar-refractivity contribution in [2.24, 2.45) is 11.8 Å². The number of carbonyl (C=O) groups is 5. The van der Waals surface area contributed by atoms with Gasteiger partial charge in [0.25, 0.3) is 0 Å². The zero-order valence-corrected chi connectivity index (χ0v) is 23.1. The van der Waals surface area contributed by atoms with Crippen LogP contribution in [0.2, 0.25) is 0 Å². The van der Waals surface area contributed by atoms with Crippen molar-refractivity contribution in [3.8, 4) is 0 Å². The molecule has 1 saturated heterocycles. The Kier molecular flexibility index (Phi) is 12.0. The number of carbonyl (C=O) groups excluding carboxylic acids is 5. The van der Waals surface area contributed by atoms with E-state index >= 15 is 0 Å². The highest BCUT2D eigenvalue weighted by Crippen LogP contribution is 2.25. The van der Waals surface area contributed by atoms with Gasteiger partial charge in [-0.25, -0.2) is 4.79 Å². The first kappa shape index (κ1) is 30.0. The monoisotopic (exact) mass is 539 g/mol. The molecule has 200 valence electrons. The molecule has 4 atom stereocenters. The highest BCUT2D eigenvalue weighted by molar-refractivity contribution is 8.76. The Morgan fingerprint density at radius 2 is 1.67 bits per heavy atom. The summed E-state index contributed by atoms with van der Waals surface area (Å²) in [6.07, 6.45) is 4.48. The molecule has 11 heteroatoms. The zero-order chi connectivity index (χ0) is 26.8. The molecule has 0 aromatic carbocycles. The van der Waals surface area contributed by atoms with Crippen LogP contribution < -0.4 is 16.0 Å². The van der Waals surface area contributed by atoms with E-state index < -0.39 is 47.9 Å². The molecule has 2 rings (SSSR count).